The Balaban J connectivity index is 1.67. The zero-order valence-electron chi connectivity index (χ0n) is 19.9. The van der Waals surface area contributed by atoms with Crippen LogP contribution < -0.4 is 15.0 Å². The number of fused-ring (bicyclic) bond motifs is 1. The van der Waals surface area contributed by atoms with Crippen molar-refractivity contribution < 1.29 is 19.4 Å². The van der Waals surface area contributed by atoms with Crippen LogP contribution in [0.2, 0.25) is 0 Å². The second-order valence-corrected chi connectivity index (χ2v) is 9.90. The maximum atomic E-state index is 12.4. The molecule has 2 atom stereocenters. The standard InChI is InChI=1S/C25H34N4O4/c1-16-5-7-21-22(29(16)17(2)30)9-8-20(18-13-26-28(14-18)15-25(3,4)32)24(21)33-12-11-19-6-10-23(31)27-19/h8-9,13-14,16,19,32H,5-7,10-12,15H2,1-4H3,(H,27,31)/t16-,19+/m0/s1. The molecule has 0 saturated carbocycles. The summed E-state index contributed by atoms with van der Waals surface area (Å²) in [6.07, 6.45) is 7.53. The number of aliphatic hydroxyl groups is 1. The van der Waals surface area contributed by atoms with E-state index in [1.165, 1.54) is 0 Å². The molecule has 2 aliphatic rings. The van der Waals surface area contributed by atoms with Crippen LogP contribution in [0.4, 0.5) is 5.69 Å². The van der Waals surface area contributed by atoms with Crippen molar-refractivity contribution in [2.45, 2.75) is 84.0 Å². The van der Waals surface area contributed by atoms with Gasteiger partial charge in [-0.3, -0.25) is 14.3 Å². The van der Waals surface area contributed by atoms with Crippen LogP contribution in [0.3, 0.4) is 0 Å². The van der Waals surface area contributed by atoms with Crippen LogP contribution in [-0.4, -0.2) is 51.0 Å². The van der Waals surface area contributed by atoms with Crippen molar-refractivity contribution in [2.75, 3.05) is 11.5 Å². The molecule has 3 heterocycles. The number of benzene rings is 1. The smallest absolute Gasteiger partial charge is 0.224 e. The number of nitrogens with one attached hydrogen (secondary N) is 1. The van der Waals surface area contributed by atoms with E-state index >= 15 is 0 Å². The van der Waals surface area contributed by atoms with E-state index in [1.807, 2.05) is 23.2 Å². The summed E-state index contributed by atoms with van der Waals surface area (Å²) in [6.45, 7) is 8.03. The topological polar surface area (TPSA) is 96.7 Å². The molecule has 0 spiro atoms. The molecule has 8 nitrogen and oxygen atoms in total. The third-order valence-corrected chi connectivity index (χ3v) is 6.38. The highest BCUT2D eigenvalue weighted by Gasteiger charge is 2.30. The van der Waals surface area contributed by atoms with Gasteiger partial charge in [0.15, 0.2) is 0 Å². The van der Waals surface area contributed by atoms with Gasteiger partial charge in [0.25, 0.3) is 0 Å². The first-order valence-corrected chi connectivity index (χ1v) is 11.8. The predicted molar refractivity (Wildman–Crippen MR) is 126 cm³/mol. The van der Waals surface area contributed by atoms with Crippen molar-refractivity contribution in [1.29, 1.82) is 0 Å². The van der Waals surface area contributed by atoms with Gasteiger partial charge < -0.3 is 20.1 Å². The summed E-state index contributed by atoms with van der Waals surface area (Å²) in [6, 6.07) is 4.27. The Bertz CT molecular complexity index is 1040. The Morgan fingerprint density at radius 1 is 1.30 bits per heavy atom. The number of hydrogen-bond donors (Lipinski definition) is 2. The van der Waals surface area contributed by atoms with Crippen LogP contribution in [0.1, 0.15) is 58.9 Å². The van der Waals surface area contributed by atoms with Gasteiger partial charge in [0, 0.05) is 54.7 Å². The van der Waals surface area contributed by atoms with E-state index in [1.54, 1.807) is 31.6 Å². The van der Waals surface area contributed by atoms with Crippen molar-refractivity contribution in [3.63, 3.8) is 0 Å². The predicted octanol–water partition coefficient (Wildman–Crippen LogP) is 3.06. The van der Waals surface area contributed by atoms with Gasteiger partial charge in [0.05, 0.1) is 30.6 Å². The quantitative estimate of drug-likeness (QED) is 0.670. The van der Waals surface area contributed by atoms with Crippen molar-refractivity contribution >= 4 is 17.5 Å². The Kier molecular flexibility index (Phi) is 6.47. The third kappa shape index (κ3) is 5.21. The number of ether oxygens (including phenoxy) is 1. The minimum Gasteiger partial charge on any atom is -0.492 e. The summed E-state index contributed by atoms with van der Waals surface area (Å²) in [5, 5.41) is 17.6. The van der Waals surface area contributed by atoms with Crippen LogP contribution in [0.15, 0.2) is 24.5 Å². The van der Waals surface area contributed by atoms with Gasteiger partial charge in [0.2, 0.25) is 11.8 Å². The van der Waals surface area contributed by atoms with Crippen molar-refractivity contribution in [3.8, 4) is 16.9 Å². The fourth-order valence-electron chi connectivity index (χ4n) is 4.86. The number of carbonyl (C=O) groups excluding carboxylic acids is 2. The average molecular weight is 455 g/mol. The zero-order chi connectivity index (χ0) is 23.8. The highest BCUT2D eigenvalue weighted by atomic mass is 16.5. The number of amides is 2. The number of aromatic nitrogens is 2. The summed E-state index contributed by atoms with van der Waals surface area (Å²) in [7, 11) is 0. The lowest BCUT2D eigenvalue weighted by Crippen LogP contribution is -2.40. The monoisotopic (exact) mass is 454 g/mol. The number of hydrogen-bond acceptors (Lipinski definition) is 5. The SMILES string of the molecule is CC(=O)N1c2ccc(-c3cnn(CC(C)(C)O)c3)c(OCC[C@H]3CCC(=O)N3)c2CC[C@@H]1C. The molecule has 2 N–H and O–H groups in total. The molecular formula is C25H34N4O4. The Morgan fingerprint density at radius 3 is 2.76 bits per heavy atom. The Labute approximate surface area is 194 Å². The maximum Gasteiger partial charge on any atom is 0.224 e. The first kappa shape index (κ1) is 23.3. The molecule has 178 valence electrons. The van der Waals surface area contributed by atoms with Gasteiger partial charge in [-0.1, -0.05) is 0 Å². The van der Waals surface area contributed by atoms with Crippen molar-refractivity contribution in [3.05, 3.63) is 30.1 Å². The molecule has 1 saturated heterocycles. The van der Waals surface area contributed by atoms with Crippen LogP contribution in [0, 0.1) is 0 Å². The summed E-state index contributed by atoms with van der Waals surface area (Å²) in [4.78, 5) is 25.8. The van der Waals surface area contributed by atoms with Crippen LogP contribution in [0.5, 0.6) is 5.75 Å². The van der Waals surface area contributed by atoms with E-state index in [0.29, 0.717) is 19.6 Å². The highest BCUT2D eigenvalue weighted by molar-refractivity contribution is 5.95. The van der Waals surface area contributed by atoms with Crippen LogP contribution in [-0.2, 0) is 22.6 Å². The molecule has 2 aromatic rings. The summed E-state index contributed by atoms with van der Waals surface area (Å²) < 4.78 is 8.12. The molecule has 1 fully saturated rings. The van der Waals surface area contributed by atoms with E-state index in [0.717, 1.165) is 53.8 Å². The lowest BCUT2D eigenvalue weighted by Gasteiger charge is -2.36. The molecule has 2 aliphatic heterocycles. The number of nitrogens with zero attached hydrogens (tertiary/aromatic N) is 3. The fourth-order valence-corrected chi connectivity index (χ4v) is 4.86. The summed E-state index contributed by atoms with van der Waals surface area (Å²) in [5.41, 5.74) is 2.88. The molecule has 1 aromatic carbocycles. The Hall–Kier alpha value is -2.87. The number of anilines is 1. The molecule has 33 heavy (non-hydrogen) atoms. The molecule has 0 aliphatic carbocycles. The molecule has 1 aromatic heterocycles. The minimum absolute atomic E-state index is 0.0221. The molecule has 2 amide bonds. The molecular weight excluding hydrogens is 420 g/mol. The minimum atomic E-state index is -0.873. The molecule has 4 rings (SSSR count). The second kappa shape index (κ2) is 9.17. The second-order valence-electron chi connectivity index (χ2n) is 9.90. The van der Waals surface area contributed by atoms with Gasteiger partial charge in [-0.2, -0.15) is 5.10 Å². The first-order chi connectivity index (χ1) is 15.6. The van der Waals surface area contributed by atoms with E-state index in [2.05, 4.69) is 17.3 Å². The van der Waals surface area contributed by atoms with Gasteiger partial charge in [-0.05, 0) is 52.2 Å². The van der Waals surface area contributed by atoms with Gasteiger partial charge >= 0.3 is 0 Å². The number of carbonyl (C=O) groups is 2. The van der Waals surface area contributed by atoms with Crippen molar-refractivity contribution in [2.24, 2.45) is 0 Å². The van der Waals surface area contributed by atoms with Crippen molar-refractivity contribution in [1.82, 2.24) is 15.1 Å². The van der Waals surface area contributed by atoms with Crippen LogP contribution >= 0.6 is 0 Å². The summed E-state index contributed by atoms with van der Waals surface area (Å²) >= 11 is 0. The fraction of sp³-hybridized carbons (Fsp3) is 0.560. The third-order valence-electron chi connectivity index (χ3n) is 6.38. The average Bonchev–Trinajstić information content (AvgIpc) is 3.35. The number of rotatable bonds is 7. The largest absolute Gasteiger partial charge is 0.492 e. The van der Waals surface area contributed by atoms with Gasteiger partial charge in [0.1, 0.15) is 5.75 Å². The highest BCUT2D eigenvalue weighted by Crippen LogP contribution is 2.43. The van der Waals surface area contributed by atoms with Gasteiger partial charge in [-0.15, -0.1) is 0 Å². The first-order valence-electron chi connectivity index (χ1n) is 11.8. The zero-order valence-corrected chi connectivity index (χ0v) is 19.9. The molecule has 0 radical (unpaired) electrons. The molecule has 0 unspecified atom stereocenters. The van der Waals surface area contributed by atoms with E-state index < -0.39 is 5.60 Å². The van der Waals surface area contributed by atoms with E-state index in [-0.39, 0.29) is 23.9 Å². The normalized spacial score (nSPS) is 20.5. The molecule has 0 bridgehead atoms. The van der Waals surface area contributed by atoms with E-state index in [4.69, 9.17) is 4.74 Å². The van der Waals surface area contributed by atoms with E-state index in [9.17, 15) is 14.7 Å². The lowest BCUT2D eigenvalue weighted by atomic mass is 9.92. The summed E-state index contributed by atoms with van der Waals surface area (Å²) in [5.74, 6) is 0.898. The van der Waals surface area contributed by atoms with Crippen LogP contribution in [0.25, 0.3) is 11.1 Å². The Morgan fingerprint density at radius 2 is 2.09 bits per heavy atom. The molecule has 8 heteroatoms. The lowest BCUT2D eigenvalue weighted by molar-refractivity contribution is -0.119. The maximum absolute atomic E-state index is 12.4. The van der Waals surface area contributed by atoms with Gasteiger partial charge in [-0.25, -0.2) is 0 Å².